The Morgan fingerprint density at radius 2 is 2.00 bits per heavy atom. The molecule has 0 aromatic rings. The van der Waals surface area contributed by atoms with E-state index in [1.165, 1.54) is 0 Å². The molecule has 0 radical (unpaired) electrons. The van der Waals surface area contributed by atoms with Gasteiger partial charge in [-0.2, -0.15) is 13.1 Å². The van der Waals surface area contributed by atoms with E-state index in [0.29, 0.717) is 6.42 Å². The van der Waals surface area contributed by atoms with E-state index in [4.69, 9.17) is 5.73 Å². The van der Waals surface area contributed by atoms with Crippen molar-refractivity contribution < 1.29 is 17.2 Å². The molecular weight excluding hydrogens is 214 g/mol. The Hall–Kier alpha value is -0.270. The number of sulfonamides is 1. The Labute approximate surface area is 82.1 Å². The zero-order valence-electron chi connectivity index (χ0n) is 7.91. The number of hydrogen-bond donors (Lipinski definition) is 1. The highest BCUT2D eigenvalue weighted by Crippen LogP contribution is 2.28. The van der Waals surface area contributed by atoms with Crippen LogP contribution in [0, 0.1) is 0 Å². The molecule has 0 aliphatic carbocycles. The van der Waals surface area contributed by atoms with E-state index in [0.717, 1.165) is 10.7 Å². The molecule has 0 bridgehead atoms. The van der Waals surface area contributed by atoms with Crippen molar-refractivity contribution in [2.75, 3.05) is 13.1 Å². The summed E-state index contributed by atoms with van der Waals surface area (Å²) in [4.78, 5) is 0. The van der Waals surface area contributed by atoms with Crippen LogP contribution >= 0.6 is 0 Å². The summed E-state index contributed by atoms with van der Waals surface area (Å²) in [6.07, 6.45) is 1.47. The lowest BCUT2D eigenvalue weighted by Crippen LogP contribution is -2.68. The van der Waals surface area contributed by atoms with E-state index >= 15 is 0 Å². The number of alkyl halides is 2. The standard InChI is InChI=1S/C7H14F2N2O2S/c1-2-3-7(10)4-11(5-7)14(12,13)6(8)9/h6H,2-5,10H2,1H3. The van der Waals surface area contributed by atoms with Gasteiger partial charge in [0.15, 0.2) is 0 Å². The Bertz CT molecular complexity index is 299. The highest BCUT2D eigenvalue weighted by molar-refractivity contribution is 7.89. The quantitative estimate of drug-likeness (QED) is 0.755. The topological polar surface area (TPSA) is 63.4 Å². The number of nitrogens with zero attached hydrogens (tertiary/aromatic N) is 1. The van der Waals surface area contributed by atoms with E-state index in [1.807, 2.05) is 6.92 Å². The van der Waals surface area contributed by atoms with Crippen molar-refractivity contribution in [1.29, 1.82) is 0 Å². The summed E-state index contributed by atoms with van der Waals surface area (Å²) in [6.45, 7) is 1.93. The lowest BCUT2D eigenvalue weighted by Gasteiger charge is -2.46. The fourth-order valence-electron chi connectivity index (χ4n) is 1.60. The van der Waals surface area contributed by atoms with Crippen LogP contribution in [0.4, 0.5) is 8.78 Å². The van der Waals surface area contributed by atoms with Crippen LogP contribution in [0.3, 0.4) is 0 Å². The van der Waals surface area contributed by atoms with Gasteiger partial charge in [-0.25, -0.2) is 8.42 Å². The minimum absolute atomic E-state index is 0.00745. The van der Waals surface area contributed by atoms with Crippen molar-refractivity contribution in [2.24, 2.45) is 5.73 Å². The van der Waals surface area contributed by atoms with E-state index in [1.54, 1.807) is 0 Å². The van der Waals surface area contributed by atoms with Crippen LogP contribution < -0.4 is 5.73 Å². The predicted molar refractivity (Wildman–Crippen MR) is 48.3 cm³/mol. The molecule has 4 nitrogen and oxygen atoms in total. The molecule has 0 amide bonds. The summed E-state index contributed by atoms with van der Waals surface area (Å²) < 4.78 is 46.7. The van der Waals surface area contributed by atoms with E-state index in [2.05, 4.69) is 0 Å². The lowest BCUT2D eigenvalue weighted by molar-refractivity contribution is 0.129. The van der Waals surface area contributed by atoms with Gasteiger partial charge in [-0.1, -0.05) is 13.3 Å². The Morgan fingerprint density at radius 3 is 2.36 bits per heavy atom. The molecule has 0 atom stereocenters. The fourth-order valence-corrected chi connectivity index (χ4v) is 2.70. The van der Waals surface area contributed by atoms with Crippen molar-refractivity contribution in [2.45, 2.75) is 31.1 Å². The molecule has 1 aliphatic heterocycles. The molecule has 2 N–H and O–H groups in total. The van der Waals surface area contributed by atoms with Crippen molar-refractivity contribution in [1.82, 2.24) is 4.31 Å². The van der Waals surface area contributed by atoms with Crippen LogP contribution in [0.5, 0.6) is 0 Å². The van der Waals surface area contributed by atoms with E-state index in [-0.39, 0.29) is 13.1 Å². The maximum Gasteiger partial charge on any atom is 0.350 e. The molecule has 1 fully saturated rings. The van der Waals surface area contributed by atoms with Gasteiger partial charge in [0, 0.05) is 18.6 Å². The van der Waals surface area contributed by atoms with Crippen molar-refractivity contribution in [3.63, 3.8) is 0 Å². The van der Waals surface area contributed by atoms with Crippen LogP contribution in [0.2, 0.25) is 0 Å². The molecule has 1 saturated heterocycles. The van der Waals surface area contributed by atoms with Gasteiger partial charge in [-0.15, -0.1) is 0 Å². The zero-order chi connectivity index (χ0) is 11.0. The minimum atomic E-state index is -4.41. The monoisotopic (exact) mass is 228 g/mol. The molecule has 0 aromatic carbocycles. The molecule has 1 heterocycles. The first-order valence-electron chi connectivity index (χ1n) is 4.38. The van der Waals surface area contributed by atoms with Gasteiger partial charge < -0.3 is 5.73 Å². The second kappa shape index (κ2) is 3.71. The maximum absolute atomic E-state index is 12.1. The third kappa shape index (κ3) is 2.04. The van der Waals surface area contributed by atoms with Gasteiger partial charge in [0.2, 0.25) is 0 Å². The number of halogens is 2. The van der Waals surface area contributed by atoms with Gasteiger partial charge in [0.25, 0.3) is 10.0 Å². The normalized spacial score (nSPS) is 22.4. The second-order valence-corrected chi connectivity index (χ2v) is 5.59. The predicted octanol–water partition coefficient (Wildman–Crippen LogP) is 0.352. The number of rotatable bonds is 4. The largest absolute Gasteiger partial charge is 0.350 e. The van der Waals surface area contributed by atoms with Crippen LogP contribution in [0.25, 0.3) is 0 Å². The summed E-state index contributed by atoms with van der Waals surface area (Å²) in [7, 11) is -4.41. The Morgan fingerprint density at radius 1 is 1.50 bits per heavy atom. The van der Waals surface area contributed by atoms with Crippen LogP contribution in [-0.4, -0.2) is 37.1 Å². The molecule has 1 aliphatic rings. The van der Waals surface area contributed by atoms with Gasteiger partial charge in [0.05, 0.1) is 0 Å². The molecule has 0 aromatic heterocycles. The van der Waals surface area contributed by atoms with Gasteiger partial charge in [-0.05, 0) is 6.42 Å². The zero-order valence-corrected chi connectivity index (χ0v) is 8.73. The average molecular weight is 228 g/mol. The van der Waals surface area contributed by atoms with E-state index in [9.17, 15) is 17.2 Å². The molecule has 84 valence electrons. The molecule has 7 heteroatoms. The van der Waals surface area contributed by atoms with Crippen LogP contribution in [0.1, 0.15) is 19.8 Å². The summed E-state index contributed by atoms with van der Waals surface area (Å²) in [5.41, 5.74) is 5.15. The van der Waals surface area contributed by atoms with Crippen LogP contribution in [0.15, 0.2) is 0 Å². The molecule has 0 saturated carbocycles. The fraction of sp³-hybridized carbons (Fsp3) is 1.00. The summed E-state index contributed by atoms with van der Waals surface area (Å²) in [6, 6.07) is 0. The summed E-state index contributed by atoms with van der Waals surface area (Å²) >= 11 is 0. The maximum atomic E-state index is 12.1. The molecular formula is C7H14F2N2O2S. The van der Waals surface area contributed by atoms with Crippen molar-refractivity contribution in [3.05, 3.63) is 0 Å². The molecule has 0 spiro atoms. The lowest BCUT2D eigenvalue weighted by atomic mass is 9.89. The van der Waals surface area contributed by atoms with Gasteiger partial charge in [0.1, 0.15) is 0 Å². The summed E-state index contributed by atoms with van der Waals surface area (Å²) in [5.74, 6) is -3.34. The second-order valence-electron chi connectivity index (χ2n) is 3.69. The highest BCUT2D eigenvalue weighted by atomic mass is 32.2. The van der Waals surface area contributed by atoms with E-state index < -0.39 is 21.3 Å². The SMILES string of the molecule is CCCC1(N)CN(S(=O)(=O)C(F)F)C1. The molecule has 0 unspecified atom stereocenters. The minimum Gasteiger partial charge on any atom is -0.323 e. The van der Waals surface area contributed by atoms with Crippen molar-refractivity contribution in [3.8, 4) is 0 Å². The first kappa shape index (κ1) is 11.8. The Balaban J connectivity index is 2.57. The molecule has 1 rings (SSSR count). The third-order valence-corrected chi connectivity index (χ3v) is 3.74. The average Bonchev–Trinajstić information content (AvgIpc) is 2.00. The summed E-state index contributed by atoms with van der Waals surface area (Å²) in [5, 5.41) is 0. The van der Waals surface area contributed by atoms with Gasteiger partial charge >= 0.3 is 5.76 Å². The first-order valence-corrected chi connectivity index (χ1v) is 5.88. The van der Waals surface area contributed by atoms with Gasteiger partial charge in [-0.3, -0.25) is 0 Å². The third-order valence-electron chi connectivity index (χ3n) is 2.32. The number of nitrogens with two attached hydrogens (primary N) is 1. The smallest absolute Gasteiger partial charge is 0.323 e. The molecule has 14 heavy (non-hydrogen) atoms. The number of hydrogen-bond acceptors (Lipinski definition) is 3. The van der Waals surface area contributed by atoms with Crippen LogP contribution in [-0.2, 0) is 10.0 Å². The highest BCUT2D eigenvalue weighted by Gasteiger charge is 2.47. The Kier molecular flexibility index (Phi) is 3.13. The first-order chi connectivity index (χ1) is 6.32. The van der Waals surface area contributed by atoms with Crippen molar-refractivity contribution >= 4 is 10.0 Å².